The van der Waals surface area contributed by atoms with Gasteiger partial charge in [-0.3, -0.25) is 4.79 Å². The number of carbonyl (C=O) groups is 1. The predicted molar refractivity (Wildman–Crippen MR) is 95.3 cm³/mol. The number of ether oxygens (including phenoxy) is 1. The molecule has 1 fully saturated rings. The molecule has 2 N–H and O–H groups in total. The van der Waals surface area contributed by atoms with E-state index in [1.165, 1.54) is 0 Å². The largest absolute Gasteiger partial charge is 0.378 e. The highest BCUT2D eigenvalue weighted by atomic mass is 32.1. The quantitative estimate of drug-likeness (QED) is 0.720. The zero-order valence-corrected chi connectivity index (χ0v) is 15.1. The first-order valence-electron chi connectivity index (χ1n) is 8.13. The normalized spacial score (nSPS) is 14.4. The van der Waals surface area contributed by atoms with Crippen molar-refractivity contribution < 1.29 is 9.53 Å². The van der Waals surface area contributed by atoms with E-state index in [-0.39, 0.29) is 5.91 Å². The van der Waals surface area contributed by atoms with Crippen molar-refractivity contribution in [2.75, 3.05) is 49.6 Å². The zero-order valence-electron chi connectivity index (χ0n) is 14.3. The van der Waals surface area contributed by atoms with Crippen LogP contribution in [0.15, 0.2) is 6.07 Å². The first-order valence-corrected chi connectivity index (χ1v) is 8.90. The van der Waals surface area contributed by atoms with Gasteiger partial charge in [-0.2, -0.15) is 4.98 Å². The standard InChI is InChI=1S/C15H21N7O2S/c1-10-9-12(22-5-7-24-8-6-22)19-15(18-10)17-4-3-16-14(23)13-11(2)20-21-25-13/h9H,3-8H2,1-2H3,(H,16,23)(H,17,18,19). The van der Waals surface area contributed by atoms with Crippen LogP contribution in [0.25, 0.3) is 0 Å². The average Bonchev–Trinajstić information content (AvgIpc) is 3.05. The second-order valence-electron chi connectivity index (χ2n) is 5.66. The molecule has 0 aliphatic carbocycles. The van der Waals surface area contributed by atoms with Crippen molar-refractivity contribution in [2.45, 2.75) is 13.8 Å². The minimum Gasteiger partial charge on any atom is -0.378 e. The van der Waals surface area contributed by atoms with Crippen LogP contribution in [-0.4, -0.2) is 64.9 Å². The van der Waals surface area contributed by atoms with Gasteiger partial charge < -0.3 is 20.3 Å². The minimum absolute atomic E-state index is 0.159. The van der Waals surface area contributed by atoms with E-state index in [1.54, 1.807) is 6.92 Å². The van der Waals surface area contributed by atoms with E-state index < -0.39 is 0 Å². The number of hydrogen-bond acceptors (Lipinski definition) is 9. The van der Waals surface area contributed by atoms with Crippen LogP contribution in [0.5, 0.6) is 0 Å². The van der Waals surface area contributed by atoms with Gasteiger partial charge in [0.1, 0.15) is 10.7 Å². The summed E-state index contributed by atoms with van der Waals surface area (Å²) >= 11 is 1.10. The third-order valence-corrected chi connectivity index (χ3v) is 4.55. The lowest BCUT2D eigenvalue weighted by Gasteiger charge is -2.28. The Balaban J connectivity index is 1.52. The van der Waals surface area contributed by atoms with E-state index in [2.05, 4.69) is 35.1 Å². The van der Waals surface area contributed by atoms with Crippen molar-refractivity contribution in [3.8, 4) is 0 Å². The SMILES string of the molecule is Cc1cc(N2CCOCC2)nc(NCCNC(=O)c2snnc2C)n1. The minimum atomic E-state index is -0.159. The number of anilines is 2. The van der Waals surface area contributed by atoms with Crippen LogP contribution in [0.4, 0.5) is 11.8 Å². The number of aryl methyl sites for hydroxylation is 2. The molecular weight excluding hydrogens is 342 g/mol. The van der Waals surface area contributed by atoms with Crippen molar-refractivity contribution in [1.82, 2.24) is 24.9 Å². The molecule has 1 saturated heterocycles. The van der Waals surface area contributed by atoms with Crippen LogP contribution in [0.2, 0.25) is 0 Å². The van der Waals surface area contributed by atoms with Crippen molar-refractivity contribution >= 4 is 29.2 Å². The van der Waals surface area contributed by atoms with E-state index in [0.29, 0.717) is 42.8 Å². The maximum absolute atomic E-state index is 12.0. The topological polar surface area (TPSA) is 105 Å². The summed E-state index contributed by atoms with van der Waals surface area (Å²) in [5, 5.41) is 9.83. The van der Waals surface area contributed by atoms with Gasteiger partial charge in [0.2, 0.25) is 5.95 Å². The summed E-state index contributed by atoms with van der Waals surface area (Å²) < 4.78 is 9.14. The maximum atomic E-state index is 12.0. The molecule has 134 valence electrons. The monoisotopic (exact) mass is 363 g/mol. The third-order valence-electron chi connectivity index (χ3n) is 3.73. The van der Waals surface area contributed by atoms with Gasteiger partial charge in [0.15, 0.2) is 0 Å². The van der Waals surface area contributed by atoms with Crippen molar-refractivity contribution in [2.24, 2.45) is 0 Å². The fraction of sp³-hybridized carbons (Fsp3) is 0.533. The molecule has 10 heteroatoms. The molecule has 0 unspecified atom stereocenters. The summed E-state index contributed by atoms with van der Waals surface area (Å²) in [7, 11) is 0. The Kier molecular flexibility index (Phi) is 5.71. The van der Waals surface area contributed by atoms with Crippen molar-refractivity contribution in [1.29, 1.82) is 0 Å². The molecule has 0 radical (unpaired) electrons. The molecule has 2 aromatic rings. The van der Waals surface area contributed by atoms with E-state index in [4.69, 9.17) is 4.74 Å². The molecule has 2 aromatic heterocycles. The Morgan fingerprint density at radius 3 is 2.80 bits per heavy atom. The van der Waals surface area contributed by atoms with Gasteiger partial charge in [-0.05, 0) is 25.4 Å². The number of morpholine rings is 1. The van der Waals surface area contributed by atoms with Gasteiger partial charge in [0.25, 0.3) is 5.91 Å². The molecule has 0 saturated carbocycles. The molecule has 25 heavy (non-hydrogen) atoms. The molecule has 0 bridgehead atoms. The van der Waals surface area contributed by atoms with E-state index in [0.717, 1.165) is 36.1 Å². The Morgan fingerprint density at radius 1 is 1.28 bits per heavy atom. The highest BCUT2D eigenvalue weighted by Gasteiger charge is 2.14. The molecule has 3 heterocycles. The molecule has 0 atom stereocenters. The van der Waals surface area contributed by atoms with Gasteiger partial charge in [-0.15, -0.1) is 5.10 Å². The number of hydrogen-bond donors (Lipinski definition) is 2. The molecule has 3 rings (SSSR count). The van der Waals surface area contributed by atoms with Crippen molar-refractivity contribution in [3.63, 3.8) is 0 Å². The average molecular weight is 363 g/mol. The summed E-state index contributed by atoms with van der Waals surface area (Å²) in [6.07, 6.45) is 0. The summed E-state index contributed by atoms with van der Waals surface area (Å²) in [6, 6.07) is 1.97. The zero-order chi connectivity index (χ0) is 17.6. The third kappa shape index (κ3) is 4.60. The smallest absolute Gasteiger partial charge is 0.265 e. The maximum Gasteiger partial charge on any atom is 0.265 e. The molecule has 1 amide bonds. The fourth-order valence-electron chi connectivity index (χ4n) is 2.46. The first kappa shape index (κ1) is 17.5. The van der Waals surface area contributed by atoms with Gasteiger partial charge in [-0.25, -0.2) is 4.98 Å². The van der Waals surface area contributed by atoms with Crippen LogP contribution < -0.4 is 15.5 Å². The van der Waals surface area contributed by atoms with E-state index in [1.807, 2.05) is 13.0 Å². The van der Waals surface area contributed by atoms with E-state index >= 15 is 0 Å². The molecule has 1 aliphatic heterocycles. The number of rotatable bonds is 6. The highest BCUT2D eigenvalue weighted by Crippen LogP contribution is 2.16. The Hall–Kier alpha value is -2.33. The second-order valence-corrected chi connectivity index (χ2v) is 6.41. The van der Waals surface area contributed by atoms with Crippen LogP contribution in [0, 0.1) is 13.8 Å². The number of carbonyl (C=O) groups excluding carboxylic acids is 1. The second kappa shape index (κ2) is 8.17. The van der Waals surface area contributed by atoms with Gasteiger partial charge in [0, 0.05) is 37.9 Å². The van der Waals surface area contributed by atoms with Crippen LogP contribution in [0.1, 0.15) is 21.1 Å². The summed E-state index contributed by atoms with van der Waals surface area (Å²) in [6.45, 7) is 7.78. The fourth-order valence-corrected chi connectivity index (χ4v) is 3.03. The van der Waals surface area contributed by atoms with Gasteiger partial charge in [0.05, 0.1) is 18.9 Å². The Labute approximate surface area is 150 Å². The Bertz CT molecular complexity index is 730. The molecule has 9 nitrogen and oxygen atoms in total. The van der Waals surface area contributed by atoms with Gasteiger partial charge in [-0.1, -0.05) is 4.49 Å². The predicted octanol–water partition coefficient (Wildman–Crippen LogP) is 0.623. The van der Waals surface area contributed by atoms with Crippen LogP contribution in [-0.2, 0) is 4.74 Å². The lowest BCUT2D eigenvalue weighted by molar-refractivity contribution is 0.0958. The number of aromatic nitrogens is 4. The molecule has 0 spiro atoms. The highest BCUT2D eigenvalue weighted by molar-refractivity contribution is 7.07. The lowest BCUT2D eigenvalue weighted by atomic mass is 10.3. The number of amides is 1. The summed E-state index contributed by atoms with van der Waals surface area (Å²) in [5.74, 6) is 1.30. The molecular formula is C15H21N7O2S. The molecule has 0 aromatic carbocycles. The van der Waals surface area contributed by atoms with Crippen LogP contribution >= 0.6 is 11.5 Å². The van der Waals surface area contributed by atoms with Crippen molar-refractivity contribution in [3.05, 3.63) is 22.3 Å². The summed E-state index contributed by atoms with van der Waals surface area (Å²) in [4.78, 5) is 23.7. The first-order chi connectivity index (χ1) is 12.1. The lowest BCUT2D eigenvalue weighted by Crippen LogP contribution is -2.37. The summed E-state index contributed by atoms with van der Waals surface area (Å²) in [5.41, 5.74) is 1.54. The Morgan fingerprint density at radius 2 is 2.08 bits per heavy atom. The van der Waals surface area contributed by atoms with Crippen LogP contribution in [0.3, 0.4) is 0 Å². The molecule has 1 aliphatic rings. The number of nitrogens with zero attached hydrogens (tertiary/aromatic N) is 5. The van der Waals surface area contributed by atoms with E-state index in [9.17, 15) is 4.79 Å². The number of nitrogens with one attached hydrogen (secondary N) is 2. The van der Waals surface area contributed by atoms with Gasteiger partial charge >= 0.3 is 0 Å².